The number of halogens is 1. The lowest BCUT2D eigenvalue weighted by molar-refractivity contribution is 0.112. The highest BCUT2D eigenvalue weighted by Crippen LogP contribution is 2.30. The molecule has 0 fully saturated rings. The lowest BCUT2D eigenvalue weighted by Crippen LogP contribution is -2.08. The molecule has 0 aliphatic carbocycles. The number of fused-ring (bicyclic) bond motifs is 1. The number of phenols is 1. The maximum absolute atomic E-state index is 12.5. The minimum absolute atomic E-state index is 0.0372. The van der Waals surface area contributed by atoms with E-state index in [1.807, 2.05) is 0 Å². The average Bonchev–Trinajstić information content (AvgIpc) is 2.51. The summed E-state index contributed by atoms with van der Waals surface area (Å²) in [7, 11) is 0. The van der Waals surface area contributed by atoms with E-state index in [1.165, 1.54) is 12.1 Å². The van der Waals surface area contributed by atoms with Crippen molar-refractivity contribution in [2.45, 2.75) is 6.92 Å². The molecule has 0 radical (unpaired) electrons. The maximum Gasteiger partial charge on any atom is 0.196 e. The van der Waals surface area contributed by atoms with Crippen LogP contribution >= 0.6 is 11.6 Å². The Hall–Kier alpha value is -2.59. The molecule has 4 nitrogen and oxygen atoms in total. The minimum Gasteiger partial charge on any atom is -0.507 e. The normalized spacial score (nSPS) is 10.8. The van der Waals surface area contributed by atoms with Crippen LogP contribution in [0.25, 0.3) is 22.3 Å². The lowest BCUT2D eigenvalue weighted by atomic mass is 10.0. The van der Waals surface area contributed by atoms with Gasteiger partial charge < -0.3 is 9.52 Å². The molecule has 0 spiro atoms. The molecule has 0 unspecified atom stereocenters. The summed E-state index contributed by atoms with van der Waals surface area (Å²) < 4.78 is 5.77. The predicted octanol–water partition coefficient (Wildman–Crippen LogP) is 3.94. The molecular weight excluding hydrogens is 304 g/mol. The van der Waals surface area contributed by atoms with Gasteiger partial charge in [0.2, 0.25) is 0 Å². The Kier molecular flexibility index (Phi) is 3.47. The number of aldehydes is 1. The van der Waals surface area contributed by atoms with E-state index in [-0.39, 0.29) is 27.7 Å². The van der Waals surface area contributed by atoms with E-state index in [0.29, 0.717) is 28.2 Å². The lowest BCUT2D eigenvalue weighted by Gasteiger charge is -2.09. The van der Waals surface area contributed by atoms with E-state index in [9.17, 15) is 14.7 Å². The van der Waals surface area contributed by atoms with Gasteiger partial charge in [-0.2, -0.15) is 0 Å². The molecule has 22 heavy (non-hydrogen) atoms. The first-order valence-electron chi connectivity index (χ1n) is 6.53. The van der Waals surface area contributed by atoms with Crippen molar-refractivity contribution in [2.75, 3.05) is 0 Å². The summed E-state index contributed by atoms with van der Waals surface area (Å²) in [6, 6.07) is 9.57. The van der Waals surface area contributed by atoms with Gasteiger partial charge in [0, 0.05) is 16.1 Å². The van der Waals surface area contributed by atoms with Crippen molar-refractivity contribution in [3.05, 3.63) is 62.8 Å². The summed E-state index contributed by atoms with van der Waals surface area (Å²) in [5.41, 5.74) is 0.896. The highest BCUT2D eigenvalue weighted by atomic mass is 35.5. The van der Waals surface area contributed by atoms with Gasteiger partial charge in [0.25, 0.3) is 0 Å². The average molecular weight is 315 g/mol. The second-order valence-corrected chi connectivity index (χ2v) is 5.32. The Morgan fingerprint density at radius 3 is 2.45 bits per heavy atom. The Morgan fingerprint density at radius 2 is 1.82 bits per heavy atom. The second-order valence-electron chi connectivity index (χ2n) is 4.89. The largest absolute Gasteiger partial charge is 0.507 e. The fraction of sp³-hybridized carbons (Fsp3) is 0.0588. The molecule has 0 amide bonds. The summed E-state index contributed by atoms with van der Waals surface area (Å²) >= 11 is 5.86. The molecule has 3 aromatic rings. The Balaban J connectivity index is 2.41. The van der Waals surface area contributed by atoms with Crippen molar-refractivity contribution in [2.24, 2.45) is 0 Å². The molecule has 5 heteroatoms. The standard InChI is InChI=1S/C17H11ClO4/c1-9-15(21)12-6-7-14(20)13(8-19)17(12)22-16(9)10-2-4-11(18)5-3-10/h2-8,20H,1H3. The van der Waals surface area contributed by atoms with Gasteiger partial charge in [-0.1, -0.05) is 11.6 Å². The van der Waals surface area contributed by atoms with Crippen LogP contribution in [0.3, 0.4) is 0 Å². The van der Waals surface area contributed by atoms with E-state index in [1.54, 1.807) is 31.2 Å². The molecule has 1 heterocycles. The predicted molar refractivity (Wildman–Crippen MR) is 84.7 cm³/mol. The molecule has 1 N–H and O–H groups in total. The zero-order valence-electron chi connectivity index (χ0n) is 11.6. The van der Waals surface area contributed by atoms with Gasteiger partial charge in [-0.05, 0) is 43.3 Å². The monoisotopic (exact) mass is 314 g/mol. The SMILES string of the molecule is Cc1c(-c2ccc(Cl)cc2)oc2c(C=O)c(O)ccc2c1=O. The second kappa shape index (κ2) is 5.31. The molecule has 3 rings (SSSR count). The summed E-state index contributed by atoms with van der Waals surface area (Å²) in [5.74, 6) is 0.124. The van der Waals surface area contributed by atoms with Gasteiger partial charge in [0.15, 0.2) is 17.3 Å². The number of carbonyl (C=O) groups is 1. The van der Waals surface area contributed by atoms with Crippen LogP contribution in [0.15, 0.2) is 45.6 Å². The van der Waals surface area contributed by atoms with Crippen molar-refractivity contribution in [3.63, 3.8) is 0 Å². The quantitative estimate of drug-likeness (QED) is 0.727. The summed E-state index contributed by atoms with van der Waals surface area (Å²) in [6.45, 7) is 1.66. The Labute approximate surface area is 130 Å². The molecule has 1 aromatic heterocycles. The third kappa shape index (κ3) is 2.18. The van der Waals surface area contributed by atoms with Crippen LogP contribution in [0.5, 0.6) is 5.75 Å². The van der Waals surface area contributed by atoms with Gasteiger partial charge >= 0.3 is 0 Å². The topological polar surface area (TPSA) is 67.5 Å². The molecule has 0 saturated carbocycles. The van der Waals surface area contributed by atoms with Gasteiger partial charge in [0.1, 0.15) is 11.5 Å². The number of carbonyl (C=O) groups excluding carboxylic acids is 1. The van der Waals surface area contributed by atoms with Crippen LogP contribution in [0, 0.1) is 6.92 Å². The van der Waals surface area contributed by atoms with Crippen LogP contribution in [-0.4, -0.2) is 11.4 Å². The summed E-state index contributed by atoms with van der Waals surface area (Å²) in [6.07, 6.45) is 0.474. The molecular formula is C17H11ClO4. The van der Waals surface area contributed by atoms with Gasteiger partial charge in [-0.25, -0.2) is 0 Å². The molecule has 0 atom stereocenters. The minimum atomic E-state index is -0.241. The van der Waals surface area contributed by atoms with Crippen LogP contribution in [-0.2, 0) is 0 Å². The van der Waals surface area contributed by atoms with Gasteiger partial charge in [-0.15, -0.1) is 0 Å². The number of hydrogen-bond acceptors (Lipinski definition) is 4. The third-order valence-corrected chi connectivity index (χ3v) is 3.78. The molecule has 0 aliphatic heterocycles. The highest BCUT2D eigenvalue weighted by Gasteiger charge is 2.17. The smallest absolute Gasteiger partial charge is 0.196 e. The van der Waals surface area contributed by atoms with Crippen LogP contribution in [0.1, 0.15) is 15.9 Å². The van der Waals surface area contributed by atoms with Crippen molar-refractivity contribution >= 4 is 28.9 Å². The number of hydrogen-bond donors (Lipinski definition) is 1. The van der Waals surface area contributed by atoms with Crippen molar-refractivity contribution in [1.29, 1.82) is 0 Å². The molecule has 0 aliphatic rings. The molecule has 0 saturated heterocycles. The van der Waals surface area contributed by atoms with Crippen LogP contribution in [0.4, 0.5) is 0 Å². The van der Waals surface area contributed by atoms with E-state index in [4.69, 9.17) is 16.0 Å². The first kappa shape index (κ1) is 14.4. The summed E-state index contributed by atoms with van der Waals surface area (Å²) in [4.78, 5) is 23.7. The van der Waals surface area contributed by atoms with E-state index >= 15 is 0 Å². The molecule has 2 aromatic carbocycles. The summed E-state index contributed by atoms with van der Waals surface area (Å²) in [5, 5.41) is 10.6. The van der Waals surface area contributed by atoms with Crippen molar-refractivity contribution in [3.8, 4) is 17.1 Å². The van der Waals surface area contributed by atoms with E-state index in [0.717, 1.165) is 0 Å². The number of phenolic OH excluding ortho intramolecular Hbond substituents is 1. The Bertz CT molecular complexity index is 940. The first-order chi connectivity index (χ1) is 10.5. The first-order valence-corrected chi connectivity index (χ1v) is 6.91. The fourth-order valence-corrected chi connectivity index (χ4v) is 2.48. The van der Waals surface area contributed by atoms with Crippen molar-refractivity contribution < 1.29 is 14.3 Å². The Morgan fingerprint density at radius 1 is 1.14 bits per heavy atom. The number of rotatable bonds is 2. The maximum atomic E-state index is 12.5. The number of benzene rings is 2. The van der Waals surface area contributed by atoms with E-state index < -0.39 is 0 Å². The highest BCUT2D eigenvalue weighted by molar-refractivity contribution is 6.30. The third-order valence-electron chi connectivity index (χ3n) is 3.53. The fourth-order valence-electron chi connectivity index (χ4n) is 2.35. The number of aromatic hydroxyl groups is 1. The zero-order chi connectivity index (χ0) is 15.9. The van der Waals surface area contributed by atoms with Gasteiger partial charge in [-0.3, -0.25) is 9.59 Å². The van der Waals surface area contributed by atoms with E-state index in [2.05, 4.69) is 0 Å². The zero-order valence-corrected chi connectivity index (χ0v) is 12.3. The molecule has 0 bridgehead atoms. The molecule has 110 valence electrons. The van der Waals surface area contributed by atoms with Gasteiger partial charge in [0.05, 0.1) is 10.9 Å². The van der Waals surface area contributed by atoms with Crippen LogP contribution < -0.4 is 5.43 Å². The van der Waals surface area contributed by atoms with Crippen LogP contribution in [0.2, 0.25) is 5.02 Å². The van der Waals surface area contributed by atoms with Crippen molar-refractivity contribution in [1.82, 2.24) is 0 Å².